The number of likely N-dealkylation sites (tertiary alicyclic amines) is 1. The summed E-state index contributed by atoms with van der Waals surface area (Å²) in [7, 11) is 0. The van der Waals surface area contributed by atoms with Gasteiger partial charge in [0.1, 0.15) is 5.82 Å². The number of hydrogen-bond acceptors (Lipinski definition) is 2. The lowest BCUT2D eigenvalue weighted by Gasteiger charge is -2.30. The first-order valence-electron chi connectivity index (χ1n) is 7.02. The van der Waals surface area contributed by atoms with Gasteiger partial charge in [0.05, 0.1) is 5.56 Å². The molecule has 0 radical (unpaired) electrons. The van der Waals surface area contributed by atoms with Gasteiger partial charge in [-0.3, -0.25) is 4.79 Å². The monoisotopic (exact) mass is 342 g/mol. The maximum absolute atomic E-state index is 13.2. The maximum atomic E-state index is 13.2. The summed E-state index contributed by atoms with van der Waals surface area (Å²) in [5.74, 6) is 0.0986. The van der Waals surface area contributed by atoms with Crippen LogP contribution in [0.2, 0.25) is 0 Å². The summed E-state index contributed by atoms with van der Waals surface area (Å²) in [6.45, 7) is 5.90. The summed E-state index contributed by atoms with van der Waals surface area (Å²) in [5, 5.41) is 2.85. The van der Waals surface area contributed by atoms with Crippen LogP contribution in [0.4, 0.5) is 4.39 Å². The van der Waals surface area contributed by atoms with Crippen LogP contribution in [0.5, 0.6) is 0 Å². The molecule has 0 unspecified atom stereocenters. The molecular formula is C15H20BrFN2O. The van der Waals surface area contributed by atoms with Crippen LogP contribution < -0.4 is 5.32 Å². The Morgan fingerprint density at radius 3 is 3.10 bits per heavy atom. The summed E-state index contributed by atoms with van der Waals surface area (Å²) in [6.07, 6.45) is 2.52. The van der Waals surface area contributed by atoms with Gasteiger partial charge in [0, 0.05) is 24.1 Å². The quantitative estimate of drug-likeness (QED) is 0.911. The number of halogens is 2. The number of nitrogens with one attached hydrogen (secondary N) is 1. The summed E-state index contributed by atoms with van der Waals surface area (Å²) in [6, 6.07) is 4.13. The number of piperidine rings is 1. The second-order valence-electron chi connectivity index (χ2n) is 5.43. The number of benzene rings is 1. The highest BCUT2D eigenvalue weighted by Crippen LogP contribution is 2.18. The standard InChI is InChI=1S/C15H20BrFN2O/c1-11-3-2-7-19(10-11)8-6-18-15(20)13-9-12(17)4-5-14(13)16/h4-5,9,11H,2-3,6-8,10H2,1H3,(H,18,20)/t11-/m1/s1. The Labute approximate surface area is 127 Å². The molecule has 0 aliphatic carbocycles. The summed E-state index contributed by atoms with van der Waals surface area (Å²) in [5.41, 5.74) is 0.344. The smallest absolute Gasteiger partial charge is 0.252 e. The Kier molecular flexibility index (Phi) is 5.54. The zero-order chi connectivity index (χ0) is 14.5. The van der Waals surface area contributed by atoms with Gasteiger partial charge in [0.15, 0.2) is 0 Å². The van der Waals surface area contributed by atoms with Crippen LogP contribution in [0.3, 0.4) is 0 Å². The molecule has 1 aromatic carbocycles. The molecule has 1 amide bonds. The molecule has 20 heavy (non-hydrogen) atoms. The molecule has 1 heterocycles. The maximum Gasteiger partial charge on any atom is 0.252 e. The number of carbonyl (C=O) groups is 1. The van der Waals surface area contributed by atoms with E-state index < -0.39 is 5.82 Å². The summed E-state index contributed by atoms with van der Waals surface area (Å²) in [4.78, 5) is 14.4. The van der Waals surface area contributed by atoms with Crippen molar-refractivity contribution in [1.82, 2.24) is 10.2 Å². The molecule has 1 saturated heterocycles. The average molecular weight is 343 g/mol. The Hall–Kier alpha value is -0.940. The van der Waals surface area contributed by atoms with Crippen LogP contribution in [0.1, 0.15) is 30.1 Å². The van der Waals surface area contributed by atoms with E-state index in [0.717, 1.165) is 25.6 Å². The number of rotatable bonds is 4. The lowest BCUT2D eigenvalue weighted by Crippen LogP contribution is -2.40. The molecule has 1 aromatic rings. The predicted molar refractivity (Wildman–Crippen MR) is 81.3 cm³/mol. The van der Waals surface area contributed by atoms with Crippen LogP contribution in [0.25, 0.3) is 0 Å². The molecule has 110 valence electrons. The number of amides is 1. The minimum atomic E-state index is -0.400. The second-order valence-corrected chi connectivity index (χ2v) is 6.28. The fourth-order valence-electron chi connectivity index (χ4n) is 2.58. The van der Waals surface area contributed by atoms with Crippen molar-refractivity contribution in [3.8, 4) is 0 Å². The van der Waals surface area contributed by atoms with Crippen LogP contribution in [-0.4, -0.2) is 37.0 Å². The predicted octanol–water partition coefficient (Wildman–Crippen LogP) is 3.05. The van der Waals surface area contributed by atoms with Crippen molar-refractivity contribution in [3.63, 3.8) is 0 Å². The van der Waals surface area contributed by atoms with Crippen molar-refractivity contribution in [1.29, 1.82) is 0 Å². The van der Waals surface area contributed by atoms with E-state index in [1.54, 1.807) is 6.07 Å². The lowest BCUT2D eigenvalue weighted by atomic mass is 10.0. The van der Waals surface area contributed by atoms with E-state index in [4.69, 9.17) is 0 Å². The molecule has 1 aliphatic heterocycles. The van der Waals surface area contributed by atoms with Gasteiger partial charge in [-0.25, -0.2) is 4.39 Å². The minimum absolute atomic E-state index is 0.235. The average Bonchev–Trinajstić information content (AvgIpc) is 2.41. The lowest BCUT2D eigenvalue weighted by molar-refractivity contribution is 0.0942. The molecule has 5 heteroatoms. The van der Waals surface area contributed by atoms with Gasteiger partial charge in [0.25, 0.3) is 5.91 Å². The third-order valence-electron chi connectivity index (χ3n) is 3.63. The van der Waals surface area contributed by atoms with Gasteiger partial charge in [-0.2, -0.15) is 0 Å². The van der Waals surface area contributed by atoms with E-state index in [1.807, 2.05) is 0 Å². The highest BCUT2D eigenvalue weighted by Gasteiger charge is 2.16. The van der Waals surface area contributed by atoms with Gasteiger partial charge in [-0.15, -0.1) is 0 Å². The molecule has 2 rings (SSSR count). The van der Waals surface area contributed by atoms with Crippen molar-refractivity contribution < 1.29 is 9.18 Å². The highest BCUT2D eigenvalue weighted by atomic mass is 79.9. The first kappa shape index (κ1) is 15.4. The van der Waals surface area contributed by atoms with Crippen molar-refractivity contribution in [2.75, 3.05) is 26.2 Å². The molecule has 0 spiro atoms. The number of carbonyl (C=O) groups excluding carboxylic acids is 1. The van der Waals surface area contributed by atoms with Crippen molar-refractivity contribution in [3.05, 3.63) is 34.1 Å². The largest absolute Gasteiger partial charge is 0.351 e. The zero-order valence-corrected chi connectivity index (χ0v) is 13.2. The molecule has 1 N–H and O–H groups in total. The second kappa shape index (κ2) is 7.18. The van der Waals surface area contributed by atoms with Gasteiger partial charge in [0.2, 0.25) is 0 Å². The molecule has 1 aliphatic rings. The molecular weight excluding hydrogens is 323 g/mol. The third-order valence-corrected chi connectivity index (χ3v) is 4.32. The topological polar surface area (TPSA) is 32.3 Å². The highest BCUT2D eigenvalue weighted by molar-refractivity contribution is 9.10. The van der Waals surface area contributed by atoms with Crippen molar-refractivity contribution in [2.24, 2.45) is 5.92 Å². The Balaban J connectivity index is 1.81. The Bertz CT molecular complexity index is 481. The van der Waals surface area contributed by atoms with E-state index in [1.165, 1.54) is 25.0 Å². The molecule has 3 nitrogen and oxygen atoms in total. The molecule has 0 bridgehead atoms. The SMILES string of the molecule is C[C@@H]1CCCN(CCNC(=O)c2cc(F)ccc2Br)C1. The summed E-state index contributed by atoms with van der Waals surface area (Å²) < 4.78 is 13.8. The third kappa shape index (κ3) is 4.28. The molecule has 0 aromatic heterocycles. The van der Waals surface area contributed by atoms with E-state index in [-0.39, 0.29) is 5.91 Å². The van der Waals surface area contributed by atoms with Crippen LogP contribution in [0.15, 0.2) is 22.7 Å². The van der Waals surface area contributed by atoms with Crippen LogP contribution in [-0.2, 0) is 0 Å². The van der Waals surface area contributed by atoms with Gasteiger partial charge >= 0.3 is 0 Å². The van der Waals surface area contributed by atoms with Crippen molar-refractivity contribution in [2.45, 2.75) is 19.8 Å². The van der Waals surface area contributed by atoms with E-state index in [9.17, 15) is 9.18 Å². The molecule has 0 saturated carbocycles. The Morgan fingerprint density at radius 1 is 1.55 bits per heavy atom. The molecule has 1 atom stereocenters. The van der Waals surface area contributed by atoms with Crippen LogP contribution >= 0.6 is 15.9 Å². The van der Waals surface area contributed by atoms with E-state index >= 15 is 0 Å². The first-order valence-corrected chi connectivity index (χ1v) is 7.81. The molecule has 1 fully saturated rings. The number of nitrogens with zero attached hydrogens (tertiary/aromatic N) is 1. The van der Waals surface area contributed by atoms with Crippen molar-refractivity contribution >= 4 is 21.8 Å². The van der Waals surface area contributed by atoms with Gasteiger partial charge in [-0.1, -0.05) is 6.92 Å². The fourth-order valence-corrected chi connectivity index (χ4v) is 3.01. The normalized spacial score (nSPS) is 19.9. The zero-order valence-electron chi connectivity index (χ0n) is 11.7. The fraction of sp³-hybridized carbons (Fsp3) is 0.533. The Morgan fingerprint density at radius 2 is 2.35 bits per heavy atom. The van der Waals surface area contributed by atoms with E-state index in [0.29, 0.717) is 16.6 Å². The van der Waals surface area contributed by atoms with Gasteiger partial charge < -0.3 is 10.2 Å². The first-order chi connectivity index (χ1) is 9.56. The van der Waals surface area contributed by atoms with Gasteiger partial charge in [-0.05, 0) is 59.4 Å². The summed E-state index contributed by atoms with van der Waals surface area (Å²) >= 11 is 3.27. The minimum Gasteiger partial charge on any atom is -0.351 e. The van der Waals surface area contributed by atoms with E-state index in [2.05, 4.69) is 33.1 Å². The number of hydrogen-bond donors (Lipinski definition) is 1. The van der Waals surface area contributed by atoms with Crippen LogP contribution in [0, 0.1) is 11.7 Å².